The zero-order chi connectivity index (χ0) is 19.7. The maximum Gasteiger partial charge on any atom is 0.265 e. The second-order valence-electron chi connectivity index (χ2n) is 7.46. The molecule has 3 aromatic rings. The summed E-state index contributed by atoms with van der Waals surface area (Å²) in [4.78, 5) is 32.4. The van der Waals surface area contributed by atoms with Crippen molar-refractivity contribution in [3.05, 3.63) is 76.0 Å². The van der Waals surface area contributed by atoms with E-state index in [9.17, 15) is 14.0 Å². The van der Waals surface area contributed by atoms with Crippen LogP contribution in [0.25, 0.3) is 11.0 Å². The molecular weight excluding hydrogens is 357 g/mol. The Labute approximate surface area is 162 Å². The number of amides is 1. The van der Waals surface area contributed by atoms with Gasteiger partial charge in [-0.1, -0.05) is 25.1 Å². The van der Waals surface area contributed by atoms with Gasteiger partial charge in [0.15, 0.2) is 0 Å². The third kappa shape index (κ3) is 3.42. The van der Waals surface area contributed by atoms with Crippen molar-refractivity contribution in [1.82, 2.24) is 14.5 Å². The average molecular weight is 379 g/mol. The van der Waals surface area contributed by atoms with Gasteiger partial charge >= 0.3 is 0 Å². The van der Waals surface area contributed by atoms with Crippen molar-refractivity contribution in [3.8, 4) is 0 Å². The molecule has 1 fully saturated rings. The van der Waals surface area contributed by atoms with Gasteiger partial charge in [-0.05, 0) is 43.0 Å². The van der Waals surface area contributed by atoms with Crippen LogP contribution in [0.15, 0.2) is 53.5 Å². The van der Waals surface area contributed by atoms with E-state index in [1.807, 2.05) is 6.07 Å². The number of rotatable bonds is 3. The Kier molecular flexibility index (Phi) is 4.94. The first kappa shape index (κ1) is 18.3. The quantitative estimate of drug-likeness (QED) is 0.700. The zero-order valence-corrected chi connectivity index (χ0v) is 15.8. The predicted molar refractivity (Wildman–Crippen MR) is 106 cm³/mol. The number of hydrogen-bond donors (Lipinski definition) is 0. The fourth-order valence-electron chi connectivity index (χ4n) is 3.85. The van der Waals surface area contributed by atoms with E-state index in [1.165, 1.54) is 10.6 Å². The summed E-state index contributed by atoms with van der Waals surface area (Å²) < 4.78 is 15.6. The van der Waals surface area contributed by atoms with E-state index in [0.717, 1.165) is 12.8 Å². The Bertz CT molecular complexity index is 1090. The molecule has 1 unspecified atom stereocenters. The Balaban J connectivity index is 1.82. The van der Waals surface area contributed by atoms with Gasteiger partial charge in [-0.25, -0.2) is 9.37 Å². The van der Waals surface area contributed by atoms with Crippen LogP contribution >= 0.6 is 0 Å². The number of halogens is 1. The van der Waals surface area contributed by atoms with Crippen LogP contribution < -0.4 is 5.56 Å². The number of carbonyl (C=O) groups excluding carboxylic acids is 1. The summed E-state index contributed by atoms with van der Waals surface area (Å²) >= 11 is 0. The molecule has 2 aromatic heterocycles. The largest absolute Gasteiger partial charge is 0.338 e. The smallest absolute Gasteiger partial charge is 0.265 e. The van der Waals surface area contributed by atoms with Crippen molar-refractivity contribution >= 4 is 16.9 Å². The van der Waals surface area contributed by atoms with E-state index in [4.69, 9.17) is 0 Å². The third-order valence-electron chi connectivity index (χ3n) is 5.31. The van der Waals surface area contributed by atoms with E-state index in [0.29, 0.717) is 35.6 Å². The van der Waals surface area contributed by atoms with Crippen LogP contribution in [0.1, 0.15) is 35.7 Å². The molecule has 0 aliphatic carbocycles. The molecule has 0 N–H and O–H groups in total. The lowest BCUT2D eigenvalue weighted by molar-refractivity contribution is 0.0681. The Morgan fingerprint density at radius 3 is 2.86 bits per heavy atom. The summed E-state index contributed by atoms with van der Waals surface area (Å²) in [5, 5.41) is 0.687. The van der Waals surface area contributed by atoms with Crippen LogP contribution in [0.4, 0.5) is 4.39 Å². The van der Waals surface area contributed by atoms with Crippen LogP contribution in [0, 0.1) is 11.7 Å². The molecule has 0 spiro atoms. The molecule has 3 heterocycles. The molecule has 1 aliphatic rings. The van der Waals surface area contributed by atoms with Crippen LogP contribution in [-0.4, -0.2) is 33.4 Å². The van der Waals surface area contributed by atoms with E-state index in [1.54, 1.807) is 41.4 Å². The fraction of sp³-hybridized carbons (Fsp3) is 0.318. The highest BCUT2D eigenvalue weighted by atomic mass is 19.1. The summed E-state index contributed by atoms with van der Waals surface area (Å²) in [6, 6.07) is 11.5. The highest BCUT2D eigenvalue weighted by Crippen LogP contribution is 2.19. The zero-order valence-electron chi connectivity index (χ0n) is 15.8. The molecule has 1 aliphatic heterocycles. The second kappa shape index (κ2) is 7.54. The molecule has 1 aromatic carbocycles. The lowest BCUT2D eigenvalue weighted by atomic mass is 9.99. The van der Waals surface area contributed by atoms with Crippen LogP contribution in [-0.2, 0) is 6.54 Å². The van der Waals surface area contributed by atoms with Crippen molar-refractivity contribution < 1.29 is 9.18 Å². The fourth-order valence-corrected chi connectivity index (χ4v) is 3.85. The van der Waals surface area contributed by atoms with Crippen molar-refractivity contribution in [2.75, 3.05) is 13.1 Å². The minimum Gasteiger partial charge on any atom is -0.338 e. The molecule has 1 saturated heterocycles. The molecule has 5 nitrogen and oxygen atoms in total. The predicted octanol–water partition coefficient (Wildman–Crippen LogP) is 3.46. The van der Waals surface area contributed by atoms with Crippen LogP contribution in [0.2, 0.25) is 0 Å². The monoisotopic (exact) mass is 379 g/mol. The number of piperidine rings is 1. The van der Waals surface area contributed by atoms with Gasteiger partial charge in [0.25, 0.3) is 11.5 Å². The summed E-state index contributed by atoms with van der Waals surface area (Å²) in [6.45, 7) is 3.44. The van der Waals surface area contributed by atoms with E-state index in [2.05, 4.69) is 11.9 Å². The molecule has 28 heavy (non-hydrogen) atoms. The first-order valence-electron chi connectivity index (χ1n) is 9.56. The molecule has 0 radical (unpaired) electrons. The Hall–Kier alpha value is -3.02. The second-order valence-corrected chi connectivity index (χ2v) is 7.46. The standard InChI is InChI=1S/C22H22FN3O2/c1-15-6-5-11-25(13-15)21(27)18-12-16-8-4-10-24-20(16)26(22(18)28)14-17-7-2-3-9-19(17)23/h2-4,7-10,12,15H,5-6,11,13-14H2,1H3. The van der Waals surface area contributed by atoms with Gasteiger partial charge in [-0.3, -0.25) is 14.2 Å². The number of aromatic nitrogens is 2. The van der Waals surface area contributed by atoms with Gasteiger partial charge in [0.2, 0.25) is 0 Å². The van der Waals surface area contributed by atoms with E-state index < -0.39 is 5.56 Å². The molecule has 6 heteroatoms. The normalized spacial score (nSPS) is 17.1. The molecule has 144 valence electrons. The van der Waals surface area contributed by atoms with Gasteiger partial charge in [-0.2, -0.15) is 0 Å². The van der Waals surface area contributed by atoms with Gasteiger partial charge in [0.05, 0.1) is 6.54 Å². The van der Waals surface area contributed by atoms with Gasteiger partial charge in [0.1, 0.15) is 17.0 Å². The maximum absolute atomic E-state index is 14.2. The Morgan fingerprint density at radius 1 is 1.25 bits per heavy atom. The number of carbonyl (C=O) groups is 1. The molecule has 4 rings (SSSR count). The van der Waals surface area contributed by atoms with Gasteiger partial charge in [-0.15, -0.1) is 0 Å². The minimum atomic E-state index is -0.433. The van der Waals surface area contributed by atoms with E-state index in [-0.39, 0.29) is 23.8 Å². The lowest BCUT2D eigenvalue weighted by Gasteiger charge is -2.31. The summed E-state index contributed by atoms with van der Waals surface area (Å²) in [7, 11) is 0. The number of nitrogens with zero attached hydrogens (tertiary/aromatic N) is 3. The number of likely N-dealkylation sites (tertiary alicyclic amines) is 1. The van der Waals surface area contributed by atoms with Gasteiger partial charge in [0, 0.05) is 30.2 Å². The lowest BCUT2D eigenvalue weighted by Crippen LogP contribution is -2.42. The first-order chi connectivity index (χ1) is 13.5. The molecule has 1 amide bonds. The average Bonchev–Trinajstić information content (AvgIpc) is 2.71. The van der Waals surface area contributed by atoms with Crippen molar-refractivity contribution in [2.45, 2.75) is 26.3 Å². The van der Waals surface area contributed by atoms with Crippen LogP contribution in [0.5, 0.6) is 0 Å². The SMILES string of the molecule is CC1CCCN(C(=O)c2cc3cccnc3n(Cc3ccccc3F)c2=O)C1. The number of benzene rings is 1. The van der Waals surface area contributed by atoms with Crippen LogP contribution in [0.3, 0.4) is 0 Å². The minimum absolute atomic E-state index is 0.0243. The number of pyridine rings is 2. The maximum atomic E-state index is 14.2. The number of fused-ring (bicyclic) bond motifs is 1. The molecule has 1 atom stereocenters. The van der Waals surface area contributed by atoms with E-state index >= 15 is 0 Å². The van der Waals surface area contributed by atoms with Gasteiger partial charge < -0.3 is 4.90 Å². The molecule has 0 bridgehead atoms. The van der Waals surface area contributed by atoms with Crippen molar-refractivity contribution in [2.24, 2.45) is 5.92 Å². The van der Waals surface area contributed by atoms with Crippen molar-refractivity contribution in [3.63, 3.8) is 0 Å². The highest BCUT2D eigenvalue weighted by Gasteiger charge is 2.25. The first-order valence-corrected chi connectivity index (χ1v) is 9.56. The molecular formula is C22H22FN3O2. The molecule has 0 saturated carbocycles. The summed E-state index contributed by atoms with van der Waals surface area (Å²) in [5.74, 6) is -0.231. The topological polar surface area (TPSA) is 55.2 Å². The van der Waals surface area contributed by atoms with Crippen molar-refractivity contribution in [1.29, 1.82) is 0 Å². The summed E-state index contributed by atoms with van der Waals surface area (Å²) in [6.07, 6.45) is 3.61. The number of hydrogen-bond acceptors (Lipinski definition) is 3. The third-order valence-corrected chi connectivity index (χ3v) is 5.31. The highest BCUT2D eigenvalue weighted by molar-refractivity contribution is 5.97. The Morgan fingerprint density at radius 2 is 2.07 bits per heavy atom. The summed E-state index contributed by atoms with van der Waals surface area (Å²) in [5.41, 5.74) is 0.510.